The van der Waals surface area contributed by atoms with Crippen molar-refractivity contribution < 1.29 is 9.32 Å². The summed E-state index contributed by atoms with van der Waals surface area (Å²) in [4.78, 5) is 0. The lowest BCUT2D eigenvalue weighted by molar-refractivity contribution is 0.0484. The van der Waals surface area contributed by atoms with Gasteiger partial charge in [-0.25, -0.2) is 8.93 Å². The molecule has 0 aliphatic heterocycles. The maximum absolute atomic E-state index is 12.4. The monoisotopic (exact) mass is 311 g/mol. The maximum Gasteiger partial charge on any atom is 0.0975 e. The third-order valence-corrected chi connectivity index (χ3v) is 5.08. The van der Waals surface area contributed by atoms with Crippen molar-refractivity contribution in [2.75, 3.05) is 0 Å². The average molecular weight is 311 g/mol. The predicted octanol–water partition coefficient (Wildman–Crippen LogP) is 3.58. The molecule has 1 aromatic rings. The first-order valence-corrected chi connectivity index (χ1v) is 8.58. The van der Waals surface area contributed by atoms with Gasteiger partial charge in [-0.3, -0.25) is 0 Å². The first-order valence-electron chi connectivity index (χ1n) is 7.43. The summed E-state index contributed by atoms with van der Waals surface area (Å²) in [7, 11) is -1.17. The van der Waals surface area contributed by atoms with E-state index in [1.54, 1.807) is 0 Å². The Morgan fingerprint density at radius 1 is 1.10 bits per heavy atom. The maximum atomic E-state index is 12.4. The Morgan fingerprint density at radius 3 is 2.05 bits per heavy atom. The topological polar surface area (TPSA) is 49.3 Å². The highest BCUT2D eigenvalue weighted by Gasteiger charge is 2.29. The van der Waals surface area contributed by atoms with Crippen molar-refractivity contribution in [1.82, 2.24) is 4.72 Å². The molecule has 0 radical (unpaired) electrons. The van der Waals surface area contributed by atoms with Gasteiger partial charge in [0.2, 0.25) is 0 Å². The summed E-state index contributed by atoms with van der Waals surface area (Å²) in [5.74, 6) is 0. The summed E-state index contributed by atoms with van der Waals surface area (Å²) in [6.45, 7) is 11.9. The van der Waals surface area contributed by atoms with Crippen molar-refractivity contribution in [3.05, 3.63) is 35.9 Å². The van der Waals surface area contributed by atoms with E-state index in [2.05, 4.69) is 4.72 Å². The Balaban J connectivity index is 2.94. The summed E-state index contributed by atoms with van der Waals surface area (Å²) < 4.78 is 15.3. The predicted molar refractivity (Wildman–Crippen MR) is 90.3 cm³/mol. The van der Waals surface area contributed by atoms with E-state index in [1.165, 1.54) is 0 Å². The Hall–Kier alpha value is -0.710. The van der Waals surface area contributed by atoms with E-state index in [-0.39, 0.29) is 16.2 Å². The normalized spacial score (nSPS) is 17.3. The summed E-state index contributed by atoms with van der Waals surface area (Å²) >= 11 is 0. The van der Waals surface area contributed by atoms with Crippen LogP contribution in [0.1, 0.15) is 59.6 Å². The molecule has 0 spiro atoms. The number of rotatable bonds is 5. The molecule has 4 heteroatoms. The van der Waals surface area contributed by atoms with Crippen LogP contribution in [0.2, 0.25) is 0 Å². The highest BCUT2D eigenvalue weighted by molar-refractivity contribution is 7.84. The number of aliphatic hydroxyl groups excluding tert-OH is 1. The van der Waals surface area contributed by atoms with Gasteiger partial charge in [0.1, 0.15) is 0 Å². The molecule has 0 aliphatic carbocycles. The molecule has 0 amide bonds. The third-order valence-electron chi connectivity index (χ3n) is 3.47. The number of hydrogen-bond acceptors (Lipinski definition) is 2. The van der Waals surface area contributed by atoms with Crippen LogP contribution in [0.5, 0.6) is 0 Å². The Morgan fingerprint density at radius 2 is 1.62 bits per heavy atom. The number of hydrogen-bond donors (Lipinski definition) is 2. The number of benzene rings is 1. The van der Waals surface area contributed by atoms with E-state index in [4.69, 9.17) is 0 Å². The molecule has 0 aliphatic rings. The number of nitrogens with one attached hydrogen (secondary N) is 1. The standard InChI is InChI=1S/C17H29NO2S/c1-16(2,3)15(19)12-14(13-10-8-7-9-11-13)18-21(20)17(4,5)6/h7-11,14-15,18-19H,12H2,1-6H3/t14-,15-,21?/m0/s1. The zero-order valence-corrected chi connectivity index (χ0v) is 14.8. The van der Waals surface area contributed by atoms with Crippen LogP contribution in [0.4, 0.5) is 0 Å². The SMILES string of the molecule is CC(C)(C)[C@@H](O)C[C@H](NS(=O)C(C)(C)C)c1ccccc1. The fraction of sp³-hybridized carbons (Fsp3) is 0.647. The van der Waals surface area contributed by atoms with E-state index in [0.29, 0.717) is 6.42 Å². The summed E-state index contributed by atoms with van der Waals surface area (Å²) in [5, 5.41) is 10.4. The second kappa shape index (κ2) is 7.03. The van der Waals surface area contributed by atoms with E-state index in [9.17, 15) is 9.32 Å². The zero-order chi connectivity index (χ0) is 16.3. The summed E-state index contributed by atoms with van der Waals surface area (Å²) in [6.07, 6.45) is 0.0715. The van der Waals surface area contributed by atoms with Crippen LogP contribution < -0.4 is 4.72 Å². The largest absolute Gasteiger partial charge is 0.393 e. The van der Waals surface area contributed by atoms with E-state index in [0.717, 1.165) is 5.56 Å². The van der Waals surface area contributed by atoms with Gasteiger partial charge in [-0.05, 0) is 38.2 Å². The average Bonchev–Trinajstić information content (AvgIpc) is 2.36. The van der Waals surface area contributed by atoms with Gasteiger partial charge in [0.25, 0.3) is 0 Å². The summed E-state index contributed by atoms with van der Waals surface area (Å²) in [6, 6.07) is 9.78. The molecular weight excluding hydrogens is 282 g/mol. The molecular formula is C17H29NO2S. The van der Waals surface area contributed by atoms with E-state index < -0.39 is 17.1 Å². The Kier molecular flexibility index (Phi) is 6.14. The van der Waals surface area contributed by atoms with Gasteiger partial charge < -0.3 is 5.11 Å². The molecule has 0 bridgehead atoms. The van der Waals surface area contributed by atoms with Crippen LogP contribution in [0.3, 0.4) is 0 Å². The molecule has 120 valence electrons. The van der Waals surface area contributed by atoms with Gasteiger partial charge in [0, 0.05) is 6.04 Å². The first kappa shape index (κ1) is 18.3. The minimum atomic E-state index is -1.17. The minimum absolute atomic E-state index is 0.125. The van der Waals surface area contributed by atoms with Gasteiger partial charge in [-0.15, -0.1) is 0 Å². The first-order chi connectivity index (χ1) is 9.51. The Bertz CT molecular complexity index is 460. The van der Waals surface area contributed by atoms with Crippen LogP contribution in [-0.2, 0) is 11.0 Å². The van der Waals surface area contributed by atoms with Gasteiger partial charge in [0.05, 0.1) is 21.8 Å². The van der Waals surface area contributed by atoms with Crippen LogP contribution in [-0.4, -0.2) is 20.2 Å². The van der Waals surface area contributed by atoms with Crippen LogP contribution >= 0.6 is 0 Å². The molecule has 1 aromatic carbocycles. The molecule has 0 fully saturated rings. The molecule has 3 atom stereocenters. The van der Waals surface area contributed by atoms with Crippen LogP contribution in [0.25, 0.3) is 0 Å². The fourth-order valence-electron chi connectivity index (χ4n) is 1.82. The fourth-order valence-corrected chi connectivity index (χ4v) is 2.66. The molecule has 1 rings (SSSR count). The van der Waals surface area contributed by atoms with E-state index >= 15 is 0 Å². The van der Waals surface area contributed by atoms with Gasteiger partial charge >= 0.3 is 0 Å². The van der Waals surface area contributed by atoms with Crippen molar-refractivity contribution in [2.45, 2.75) is 64.9 Å². The highest BCUT2D eigenvalue weighted by Crippen LogP contribution is 2.29. The van der Waals surface area contributed by atoms with Gasteiger partial charge in [0.15, 0.2) is 0 Å². The number of aliphatic hydroxyl groups is 1. The minimum Gasteiger partial charge on any atom is -0.393 e. The molecule has 1 unspecified atom stereocenters. The summed E-state index contributed by atoms with van der Waals surface area (Å²) in [5.41, 5.74) is 0.858. The Labute approximate surface area is 131 Å². The molecule has 21 heavy (non-hydrogen) atoms. The molecule has 0 saturated carbocycles. The third kappa shape index (κ3) is 5.89. The zero-order valence-electron chi connectivity index (χ0n) is 14.0. The smallest absolute Gasteiger partial charge is 0.0975 e. The van der Waals surface area contributed by atoms with Crippen LogP contribution in [0, 0.1) is 5.41 Å². The van der Waals surface area contributed by atoms with Gasteiger partial charge in [-0.1, -0.05) is 51.1 Å². The van der Waals surface area contributed by atoms with Crippen LogP contribution in [0.15, 0.2) is 30.3 Å². The molecule has 3 nitrogen and oxygen atoms in total. The van der Waals surface area contributed by atoms with Crippen molar-refractivity contribution in [2.24, 2.45) is 5.41 Å². The molecule has 0 saturated heterocycles. The molecule has 0 heterocycles. The van der Waals surface area contributed by atoms with Crippen molar-refractivity contribution in [3.63, 3.8) is 0 Å². The van der Waals surface area contributed by atoms with Gasteiger partial charge in [-0.2, -0.15) is 0 Å². The lowest BCUT2D eigenvalue weighted by Crippen LogP contribution is -2.38. The second-order valence-corrected chi connectivity index (χ2v) is 9.58. The quantitative estimate of drug-likeness (QED) is 0.873. The van der Waals surface area contributed by atoms with Crippen molar-refractivity contribution >= 4 is 11.0 Å². The molecule has 2 N–H and O–H groups in total. The highest BCUT2D eigenvalue weighted by atomic mass is 32.2. The molecule has 0 aromatic heterocycles. The van der Waals surface area contributed by atoms with Crippen molar-refractivity contribution in [1.29, 1.82) is 0 Å². The van der Waals surface area contributed by atoms with E-state index in [1.807, 2.05) is 71.9 Å². The second-order valence-electron chi connectivity index (χ2n) is 7.58. The van der Waals surface area contributed by atoms with Crippen molar-refractivity contribution in [3.8, 4) is 0 Å². The lowest BCUT2D eigenvalue weighted by Gasteiger charge is -2.31. The lowest BCUT2D eigenvalue weighted by atomic mass is 9.84.